The summed E-state index contributed by atoms with van der Waals surface area (Å²) < 4.78 is 14.5. The molecule has 204 valence electrons. The third kappa shape index (κ3) is 5.88. The third-order valence-electron chi connectivity index (χ3n) is 5.98. The maximum Gasteiger partial charge on any atom is 0.141 e. The molecular formula is C26H19BrCl3FN8O. The molecular weight excluding hydrogens is 646 g/mol. The number of aliphatic hydroxyl groups is 1. The van der Waals surface area contributed by atoms with E-state index in [1.807, 2.05) is 6.07 Å². The molecule has 0 bridgehead atoms. The van der Waals surface area contributed by atoms with E-state index in [2.05, 4.69) is 53.6 Å². The minimum atomic E-state index is -0.560. The van der Waals surface area contributed by atoms with Crippen LogP contribution in [-0.2, 0) is 0 Å². The van der Waals surface area contributed by atoms with Crippen LogP contribution in [0.5, 0.6) is 0 Å². The number of nitrogens with one attached hydrogen (secondary N) is 4. The lowest BCUT2D eigenvalue weighted by Gasteiger charge is -2.23. The van der Waals surface area contributed by atoms with Gasteiger partial charge in [0.25, 0.3) is 0 Å². The number of pyridine rings is 2. The molecule has 0 fully saturated rings. The monoisotopic (exact) mass is 662 g/mol. The number of hydrogen-bond acceptors (Lipinski definition) is 9. The van der Waals surface area contributed by atoms with Gasteiger partial charge in [0, 0.05) is 45.4 Å². The van der Waals surface area contributed by atoms with Crippen LogP contribution in [0.3, 0.4) is 0 Å². The van der Waals surface area contributed by atoms with Gasteiger partial charge in [-0.25, -0.2) is 9.37 Å². The van der Waals surface area contributed by atoms with Crippen LogP contribution < -0.4 is 21.6 Å². The Morgan fingerprint density at radius 1 is 1.10 bits per heavy atom. The zero-order valence-electron chi connectivity index (χ0n) is 20.3. The van der Waals surface area contributed by atoms with E-state index in [1.54, 1.807) is 29.5 Å². The van der Waals surface area contributed by atoms with Crippen LogP contribution in [0, 0.1) is 17.1 Å². The highest BCUT2D eigenvalue weighted by Crippen LogP contribution is 2.38. The van der Waals surface area contributed by atoms with E-state index in [9.17, 15) is 14.8 Å². The lowest BCUT2D eigenvalue weighted by molar-refractivity contribution is 0.195. The molecule has 9 nitrogen and oxygen atoms in total. The Morgan fingerprint density at radius 3 is 2.65 bits per heavy atom. The molecule has 5 N–H and O–H groups in total. The number of aliphatic hydroxyl groups excluding tert-OH is 1. The summed E-state index contributed by atoms with van der Waals surface area (Å²) >= 11 is 22.6. The SMILES string of the molecule is N#Cc1cnc2c(Cl)cc(N[C@H](C3=CN(CCO)NN3)c3cc(Br)cnc3Cl)cc2c1Nc1ccc(F)c(Cl)c1. The Morgan fingerprint density at radius 2 is 1.90 bits per heavy atom. The largest absolute Gasteiger partial charge is 0.394 e. The summed E-state index contributed by atoms with van der Waals surface area (Å²) in [5.41, 5.74) is 9.61. The second-order valence-corrected chi connectivity index (χ2v) is 10.7. The van der Waals surface area contributed by atoms with Crippen molar-refractivity contribution in [3.05, 3.63) is 97.3 Å². The van der Waals surface area contributed by atoms with E-state index in [1.165, 1.54) is 24.4 Å². The fourth-order valence-electron chi connectivity index (χ4n) is 4.15. The first kappa shape index (κ1) is 28.2. The van der Waals surface area contributed by atoms with Crippen LogP contribution in [0.4, 0.5) is 21.5 Å². The maximum atomic E-state index is 13.8. The Balaban J connectivity index is 1.61. The number of hydrazine groups is 2. The van der Waals surface area contributed by atoms with Gasteiger partial charge in [-0.2, -0.15) is 5.26 Å². The molecule has 4 aromatic rings. The van der Waals surface area contributed by atoms with Gasteiger partial charge in [-0.3, -0.25) is 9.99 Å². The number of fused-ring (bicyclic) bond motifs is 1. The molecule has 40 heavy (non-hydrogen) atoms. The first-order valence-corrected chi connectivity index (χ1v) is 13.6. The highest BCUT2D eigenvalue weighted by atomic mass is 79.9. The number of rotatable bonds is 8. The summed E-state index contributed by atoms with van der Waals surface area (Å²) in [6, 6.07) is 11.1. The number of hydrogen-bond donors (Lipinski definition) is 5. The van der Waals surface area contributed by atoms with Crippen LogP contribution in [0.2, 0.25) is 15.2 Å². The van der Waals surface area contributed by atoms with E-state index in [0.29, 0.717) is 50.8 Å². The van der Waals surface area contributed by atoms with Crippen LogP contribution in [0.15, 0.2) is 65.2 Å². The van der Waals surface area contributed by atoms with Crippen LogP contribution in [-0.4, -0.2) is 33.2 Å². The minimum Gasteiger partial charge on any atom is -0.394 e. The van der Waals surface area contributed by atoms with Crippen LogP contribution in [0.1, 0.15) is 17.2 Å². The molecule has 0 aliphatic carbocycles. The molecule has 0 saturated heterocycles. The molecule has 1 atom stereocenters. The van der Waals surface area contributed by atoms with Gasteiger partial charge in [-0.05, 0) is 52.3 Å². The number of benzene rings is 2. The van der Waals surface area contributed by atoms with Crippen molar-refractivity contribution in [2.24, 2.45) is 0 Å². The summed E-state index contributed by atoms with van der Waals surface area (Å²) in [4.78, 5) is 8.65. The van der Waals surface area contributed by atoms with Crippen LogP contribution in [0.25, 0.3) is 10.9 Å². The van der Waals surface area contributed by atoms with E-state index in [-0.39, 0.29) is 22.3 Å². The smallest absolute Gasteiger partial charge is 0.141 e. The van der Waals surface area contributed by atoms with Crippen molar-refractivity contribution in [3.63, 3.8) is 0 Å². The number of nitriles is 1. The minimum absolute atomic E-state index is 0.0562. The Labute approximate surface area is 251 Å². The Bertz CT molecular complexity index is 1680. The quantitative estimate of drug-likeness (QED) is 0.136. The normalized spacial score (nSPS) is 13.5. The summed E-state index contributed by atoms with van der Waals surface area (Å²) in [6.07, 6.45) is 4.81. The molecule has 0 amide bonds. The van der Waals surface area contributed by atoms with Gasteiger partial charge in [0.2, 0.25) is 0 Å². The predicted octanol–water partition coefficient (Wildman–Crippen LogP) is 6.42. The molecule has 3 heterocycles. The van der Waals surface area contributed by atoms with Crippen molar-refractivity contribution in [2.45, 2.75) is 6.04 Å². The van der Waals surface area contributed by atoms with Gasteiger partial charge in [0.1, 0.15) is 17.0 Å². The van der Waals surface area contributed by atoms with Crippen LogP contribution >= 0.6 is 50.7 Å². The molecule has 0 unspecified atom stereocenters. The number of nitrogens with zero attached hydrogens (tertiary/aromatic N) is 4. The summed E-state index contributed by atoms with van der Waals surface area (Å²) in [5.74, 6) is -0.560. The summed E-state index contributed by atoms with van der Waals surface area (Å²) in [6.45, 7) is 0.291. The van der Waals surface area contributed by atoms with Gasteiger partial charge < -0.3 is 21.2 Å². The zero-order chi connectivity index (χ0) is 28.4. The second-order valence-electron chi connectivity index (χ2n) is 8.62. The van der Waals surface area contributed by atoms with Gasteiger partial charge in [-0.15, -0.1) is 5.53 Å². The van der Waals surface area contributed by atoms with E-state index in [4.69, 9.17) is 34.8 Å². The lowest BCUT2D eigenvalue weighted by Crippen LogP contribution is -2.38. The van der Waals surface area contributed by atoms with Gasteiger partial charge >= 0.3 is 0 Å². The lowest BCUT2D eigenvalue weighted by atomic mass is 10.0. The van der Waals surface area contributed by atoms with Gasteiger partial charge in [0.05, 0.1) is 51.7 Å². The van der Waals surface area contributed by atoms with Crippen molar-refractivity contribution >= 4 is 78.7 Å². The molecule has 0 spiro atoms. The molecule has 0 saturated carbocycles. The van der Waals surface area contributed by atoms with E-state index < -0.39 is 11.9 Å². The fraction of sp³-hybridized carbons (Fsp3) is 0.115. The predicted molar refractivity (Wildman–Crippen MR) is 158 cm³/mol. The van der Waals surface area contributed by atoms with Crippen molar-refractivity contribution < 1.29 is 9.50 Å². The average molecular weight is 665 g/mol. The average Bonchev–Trinajstić information content (AvgIpc) is 3.40. The second kappa shape index (κ2) is 12.0. The van der Waals surface area contributed by atoms with Crippen molar-refractivity contribution in [1.82, 2.24) is 25.9 Å². The van der Waals surface area contributed by atoms with Crippen molar-refractivity contribution in [1.29, 1.82) is 5.26 Å². The fourth-order valence-corrected chi connectivity index (χ4v) is 5.16. The van der Waals surface area contributed by atoms with Crippen molar-refractivity contribution in [3.8, 4) is 6.07 Å². The molecule has 14 heteroatoms. The summed E-state index contributed by atoms with van der Waals surface area (Å²) in [5, 5.41) is 28.6. The number of β-amino-alcohol motifs (C(OH)–C–C–N with tert-alkyl or cyclic N) is 1. The maximum absolute atomic E-state index is 13.8. The highest BCUT2D eigenvalue weighted by molar-refractivity contribution is 9.10. The third-order valence-corrected chi connectivity index (χ3v) is 7.31. The number of anilines is 3. The molecule has 5 rings (SSSR count). The molecule has 1 aliphatic rings. The first-order valence-electron chi connectivity index (χ1n) is 11.7. The zero-order valence-corrected chi connectivity index (χ0v) is 24.2. The standard InChI is InChI=1S/C26H19BrCl3FN8O/c27-14-5-18(26(30)34-11-14)25(22-12-39(3-4-40)38-37-22)36-16-6-17-23(35-15-1-2-21(31)19(28)7-15)13(9-32)10-33-24(17)20(29)8-16/h1-2,5-8,10-12,25,36-38,40H,3-4H2,(H,33,35)/t25-/m0/s1. The topological polar surface area (TPSA) is 121 Å². The molecule has 0 radical (unpaired) electrons. The Kier molecular flexibility index (Phi) is 8.46. The molecule has 2 aromatic heterocycles. The summed E-state index contributed by atoms with van der Waals surface area (Å²) in [7, 11) is 0. The van der Waals surface area contributed by atoms with Gasteiger partial charge in [-0.1, -0.05) is 34.8 Å². The Hall–Kier alpha value is -3.37. The number of aromatic nitrogens is 2. The molecule has 2 aromatic carbocycles. The van der Waals surface area contributed by atoms with E-state index >= 15 is 0 Å². The van der Waals surface area contributed by atoms with E-state index in [0.717, 1.165) is 4.47 Å². The van der Waals surface area contributed by atoms with Gasteiger partial charge in [0.15, 0.2) is 0 Å². The number of halogens is 5. The highest BCUT2D eigenvalue weighted by Gasteiger charge is 2.26. The van der Waals surface area contributed by atoms with Crippen molar-refractivity contribution in [2.75, 3.05) is 23.8 Å². The first-order chi connectivity index (χ1) is 19.3. The molecule has 1 aliphatic heterocycles.